The molecule has 18 heavy (non-hydrogen) atoms. The topological polar surface area (TPSA) is 58.4 Å². The highest BCUT2D eigenvalue weighted by Crippen LogP contribution is 2.06. The number of nitrogens with one attached hydrogen (secondary N) is 1. The van der Waals surface area contributed by atoms with Gasteiger partial charge in [0.1, 0.15) is 0 Å². The van der Waals surface area contributed by atoms with Gasteiger partial charge < -0.3 is 16.0 Å². The van der Waals surface area contributed by atoms with E-state index >= 15 is 0 Å². The molecule has 0 rings (SSSR count). The Hall–Kier alpha value is -0.610. The van der Waals surface area contributed by atoms with E-state index in [-0.39, 0.29) is 18.0 Å². The zero-order chi connectivity index (χ0) is 14.3. The molecule has 0 bridgehead atoms. The first kappa shape index (κ1) is 17.4. The number of amides is 1. The summed E-state index contributed by atoms with van der Waals surface area (Å²) < 4.78 is 0. The van der Waals surface area contributed by atoms with Gasteiger partial charge in [-0.05, 0) is 26.2 Å². The van der Waals surface area contributed by atoms with Gasteiger partial charge in [-0.25, -0.2) is 0 Å². The van der Waals surface area contributed by atoms with Crippen LogP contribution in [0.25, 0.3) is 0 Å². The number of hydrogen-bond acceptors (Lipinski definition) is 3. The Labute approximate surface area is 112 Å². The Bertz CT molecular complexity index is 239. The summed E-state index contributed by atoms with van der Waals surface area (Å²) in [5.41, 5.74) is 5.43. The molecule has 0 radical (unpaired) electrons. The third kappa shape index (κ3) is 7.67. The molecule has 4 heteroatoms. The molecule has 0 aliphatic rings. The van der Waals surface area contributed by atoms with E-state index in [4.69, 9.17) is 5.73 Å². The Morgan fingerprint density at radius 1 is 1.17 bits per heavy atom. The van der Waals surface area contributed by atoms with Crippen molar-refractivity contribution >= 4 is 5.91 Å². The van der Waals surface area contributed by atoms with Crippen molar-refractivity contribution in [3.63, 3.8) is 0 Å². The fourth-order valence-electron chi connectivity index (χ4n) is 2.03. The van der Waals surface area contributed by atoms with E-state index in [0.29, 0.717) is 12.0 Å². The van der Waals surface area contributed by atoms with Gasteiger partial charge in [0.05, 0.1) is 6.04 Å². The molecular formula is C14H31N3O. The van der Waals surface area contributed by atoms with Gasteiger partial charge in [-0.3, -0.25) is 4.79 Å². The lowest BCUT2D eigenvalue weighted by Gasteiger charge is -2.30. The molecule has 3 N–H and O–H groups in total. The van der Waals surface area contributed by atoms with Crippen molar-refractivity contribution in [1.29, 1.82) is 0 Å². The summed E-state index contributed by atoms with van der Waals surface area (Å²) in [6, 6.07) is 0.554. The van der Waals surface area contributed by atoms with Gasteiger partial charge in [0.2, 0.25) is 5.91 Å². The number of carbonyl (C=O) groups is 1. The second-order valence-corrected chi connectivity index (χ2v) is 6.05. The van der Waals surface area contributed by atoms with Crippen LogP contribution in [0.3, 0.4) is 0 Å². The molecule has 0 heterocycles. The van der Waals surface area contributed by atoms with Crippen LogP contribution in [0.2, 0.25) is 0 Å². The summed E-state index contributed by atoms with van der Waals surface area (Å²) in [5, 5.41) is 3.23. The van der Waals surface area contributed by atoms with Crippen LogP contribution < -0.4 is 11.1 Å². The van der Waals surface area contributed by atoms with Crippen LogP contribution in [0, 0.1) is 5.92 Å². The van der Waals surface area contributed by atoms with Crippen LogP contribution in [0.15, 0.2) is 0 Å². The molecule has 0 aromatic heterocycles. The molecule has 0 saturated carbocycles. The lowest BCUT2D eigenvalue weighted by Crippen LogP contribution is -2.47. The molecule has 0 saturated heterocycles. The first-order valence-electron chi connectivity index (χ1n) is 7.03. The van der Waals surface area contributed by atoms with Crippen LogP contribution in [0.1, 0.15) is 48.0 Å². The fraction of sp³-hybridized carbons (Fsp3) is 0.929. The summed E-state index contributed by atoms with van der Waals surface area (Å²) in [7, 11) is 0. The second kappa shape index (κ2) is 8.48. The maximum Gasteiger partial charge on any atom is 0.234 e. The van der Waals surface area contributed by atoms with Crippen molar-refractivity contribution in [2.45, 2.75) is 66.1 Å². The number of carbonyl (C=O) groups excluding carboxylic acids is 1. The van der Waals surface area contributed by atoms with Crippen molar-refractivity contribution in [3.8, 4) is 0 Å². The quantitative estimate of drug-likeness (QED) is 0.659. The van der Waals surface area contributed by atoms with Crippen molar-refractivity contribution in [2.24, 2.45) is 11.7 Å². The third-order valence-electron chi connectivity index (χ3n) is 2.91. The molecule has 0 fully saturated rings. The van der Waals surface area contributed by atoms with Crippen LogP contribution >= 0.6 is 0 Å². The Morgan fingerprint density at radius 2 is 1.72 bits per heavy atom. The minimum absolute atomic E-state index is 0.224. The van der Waals surface area contributed by atoms with Crippen molar-refractivity contribution in [2.75, 3.05) is 13.1 Å². The van der Waals surface area contributed by atoms with E-state index < -0.39 is 0 Å². The summed E-state index contributed by atoms with van der Waals surface area (Å²) >= 11 is 0. The molecule has 1 atom stereocenters. The van der Waals surface area contributed by atoms with Gasteiger partial charge >= 0.3 is 0 Å². The second-order valence-electron chi connectivity index (χ2n) is 6.05. The number of nitrogens with two attached hydrogens (primary N) is 1. The number of rotatable bonds is 9. The summed E-state index contributed by atoms with van der Waals surface area (Å²) in [4.78, 5) is 13.8. The highest BCUT2D eigenvalue weighted by atomic mass is 16.1. The van der Waals surface area contributed by atoms with Gasteiger partial charge in [0.25, 0.3) is 0 Å². The average molecular weight is 257 g/mol. The van der Waals surface area contributed by atoms with Gasteiger partial charge in [-0.1, -0.05) is 27.7 Å². The molecule has 0 aliphatic heterocycles. The van der Waals surface area contributed by atoms with Crippen LogP contribution in [-0.4, -0.2) is 42.0 Å². The van der Waals surface area contributed by atoms with E-state index in [2.05, 4.69) is 37.9 Å². The largest absolute Gasteiger partial charge is 0.368 e. The highest BCUT2D eigenvalue weighted by molar-refractivity contribution is 5.79. The predicted molar refractivity (Wildman–Crippen MR) is 77.4 cm³/mol. The highest BCUT2D eigenvalue weighted by Gasteiger charge is 2.19. The Balaban J connectivity index is 4.32. The number of hydrogen-bond donors (Lipinski definition) is 2. The molecule has 0 spiro atoms. The standard InChI is InChI=1S/C14H31N3O/c1-10(2)9-17(12(5)6)8-7-13(14(15)18)16-11(3)4/h10-13,16H,7-9H2,1-6H3,(H2,15,18). The Kier molecular flexibility index (Phi) is 8.20. The van der Waals surface area contributed by atoms with Crippen LogP contribution in [0.4, 0.5) is 0 Å². The Morgan fingerprint density at radius 3 is 2.06 bits per heavy atom. The maximum atomic E-state index is 11.4. The number of nitrogens with zero attached hydrogens (tertiary/aromatic N) is 1. The first-order valence-corrected chi connectivity index (χ1v) is 7.03. The van der Waals surface area contributed by atoms with E-state index in [1.54, 1.807) is 0 Å². The average Bonchev–Trinajstić information content (AvgIpc) is 2.20. The van der Waals surface area contributed by atoms with Crippen LogP contribution in [-0.2, 0) is 4.79 Å². The zero-order valence-corrected chi connectivity index (χ0v) is 12.9. The number of primary amides is 1. The third-order valence-corrected chi connectivity index (χ3v) is 2.91. The lowest BCUT2D eigenvalue weighted by molar-refractivity contribution is -0.120. The molecule has 0 aromatic carbocycles. The lowest BCUT2D eigenvalue weighted by atomic mass is 10.1. The maximum absolute atomic E-state index is 11.4. The van der Waals surface area contributed by atoms with E-state index in [0.717, 1.165) is 19.5 Å². The molecular weight excluding hydrogens is 226 g/mol. The van der Waals surface area contributed by atoms with Crippen molar-refractivity contribution < 1.29 is 4.79 Å². The normalized spacial score (nSPS) is 13.9. The molecule has 1 unspecified atom stereocenters. The summed E-state index contributed by atoms with van der Waals surface area (Å²) in [6.45, 7) is 14.8. The van der Waals surface area contributed by atoms with Crippen molar-refractivity contribution in [1.82, 2.24) is 10.2 Å². The monoisotopic (exact) mass is 257 g/mol. The van der Waals surface area contributed by atoms with E-state index in [9.17, 15) is 4.79 Å². The SMILES string of the molecule is CC(C)CN(CCC(NC(C)C)C(N)=O)C(C)C. The smallest absolute Gasteiger partial charge is 0.234 e. The molecule has 0 aromatic rings. The fourth-order valence-corrected chi connectivity index (χ4v) is 2.03. The van der Waals surface area contributed by atoms with Crippen LogP contribution in [0.5, 0.6) is 0 Å². The van der Waals surface area contributed by atoms with Gasteiger partial charge in [-0.15, -0.1) is 0 Å². The minimum Gasteiger partial charge on any atom is -0.368 e. The first-order chi connectivity index (χ1) is 8.23. The van der Waals surface area contributed by atoms with E-state index in [1.165, 1.54) is 0 Å². The predicted octanol–water partition coefficient (Wildman–Crippen LogP) is 1.59. The summed E-state index contributed by atoms with van der Waals surface area (Å²) in [6.07, 6.45) is 0.776. The molecule has 108 valence electrons. The summed E-state index contributed by atoms with van der Waals surface area (Å²) in [5.74, 6) is 0.384. The van der Waals surface area contributed by atoms with Gasteiger partial charge in [0.15, 0.2) is 0 Å². The molecule has 4 nitrogen and oxygen atoms in total. The van der Waals surface area contributed by atoms with E-state index in [1.807, 2.05) is 13.8 Å². The van der Waals surface area contributed by atoms with Gasteiger partial charge in [0, 0.05) is 25.2 Å². The van der Waals surface area contributed by atoms with Crippen molar-refractivity contribution in [3.05, 3.63) is 0 Å². The molecule has 1 amide bonds. The van der Waals surface area contributed by atoms with Gasteiger partial charge in [-0.2, -0.15) is 0 Å². The molecule has 0 aliphatic carbocycles. The zero-order valence-electron chi connectivity index (χ0n) is 12.9. The minimum atomic E-state index is -0.253.